The summed E-state index contributed by atoms with van der Waals surface area (Å²) in [4.78, 5) is 12.0. The van der Waals surface area contributed by atoms with Gasteiger partial charge >= 0.3 is 6.18 Å². The molecule has 1 unspecified atom stereocenters. The molecule has 0 aliphatic rings. The quantitative estimate of drug-likeness (QED) is 0.887. The van der Waals surface area contributed by atoms with Crippen LogP contribution in [0.2, 0.25) is 0 Å². The topological polar surface area (TPSA) is 58.6 Å². The number of carbonyl (C=O) groups excluding carboxylic acids is 1. The van der Waals surface area contributed by atoms with Crippen LogP contribution in [0, 0.1) is 0 Å². The fourth-order valence-electron chi connectivity index (χ4n) is 1.84. The van der Waals surface area contributed by atoms with Gasteiger partial charge in [-0.1, -0.05) is 42.5 Å². The van der Waals surface area contributed by atoms with Crippen molar-refractivity contribution in [3.8, 4) is 5.75 Å². The monoisotopic (exact) mass is 325 g/mol. The van der Waals surface area contributed by atoms with Gasteiger partial charge in [0, 0.05) is 0 Å². The summed E-state index contributed by atoms with van der Waals surface area (Å²) in [7, 11) is 0. The highest BCUT2D eigenvalue weighted by molar-refractivity contribution is 5.95. The highest BCUT2D eigenvalue weighted by Gasteiger charge is 2.29. The first-order valence-electron chi connectivity index (χ1n) is 6.69. The molecule has 2 aromatic rings. The van der Waals surface area contributed by atoms with Gasteiger partial charge in [0.05, 0.1) is 5.69 Å². The maximum Gasteiger partial charge on any atom is 0.422 e. The van der Waals surface area contributed by atoms with Gasteiger partial charge in [0.15, 0.2) is 12.7 Å². The Balaban J connectivity index is 2.09. The highest BCUT2D eigenvalue weighted by atomic mass is 19.4. The highest BCUT2D eigenvalue weighted by Crippen LogP contribution is 2.27. The minimum Gasteiger partial charge on any atom is -0.482 e. The maximum atomic E-state index is 12.2. The summed E-state index contributed by atoms with van der Waals surface area (Å²) in [5.74, 6) is -0.891. The lowest BCUT2D eigenvalue weighted by atomic mass is 10.1. The summed E-state index contributed by atoms with van der Waals surface area (Å²) in [6, 6.07) is 13.9. The number of carbonyl (C=O) groups is 1. The van der Waals surface area contributed by atoms with Crippen molar-refractivity contribution in [2.75, 3.05) is 11.9 Å². The molecule has 0 aliphatic carbocycles. The van der Waals surface area contributed by atoms with Crippen LogP contribution in [0.4, 0.5) is 18.9 Å². The summed E-state index contributed by atoms with van der Waals surface area (Å²) < 4.78 is 41.4. The molecule has 122 valence electrons. The normalized spacial score (nSPS) is 12.5. The Bertz CT molecular complexity index is 659. The Labute approximate surface area is 130 Å². The van der Waals surface area contributed by atoms with Gasteiger partial charge in [-0.15, -0.1) is 0 Å². The number of aliphatic hydroxyl groups excluding tert-OH is 1. The average Bonchev–Trinajstić information content (AvgIpc) is 2.53. The molecule has 0 bridgehead atoms. The summed E-state index contributed by atoms with van der Waals surface area (Å²) in [5, 5.41) is 12.3. The predicted octanol–water partition coefficient (Wildman–Crippen LogP) is 3.30. The minimum absolute atomic E-state index is 0.0525. The lowest BCUT2D eigenvalue weighted by Crippen LogP contribution is -2.23. The van der Waals surface area contributed by atoms with Crippen molar-refractivity contribution in [1.29, 1.82) is 0 Å². The summed E-state index contributed by atoms with van der Waals surface area (Å²) in [6.45, 7) is -1.47. The van der Waals surface area contributed by atoms with E-state index in [2.05, 4.69) is 10.1 Å². The van der Waals surface area contributed by atoms with Crippen LogP contribution < -0.4 is 10.1 Å². The molecule has 0 spiro atoms. The van der Waals surface area contributed by atoms with Gasteiger partial charge in [0.2, 0.25) is 0 Å². The van der Waals surface area contributed by atoms with E-state index < -0.39 is 24.8 Å². The van der Waals surface area contributed by atoms with Gasteiger partial charge in [-0.25, -0.2) is 0 Å². The van der Waals surface area contributed by atoms with Crippen molar-refractivity contribution in [3.05, 3.63) is 60.2 Å². The first-order valence-corrected chi connectivity index (χ1v) is 6.69. The number of aliphatic hydroxyl groups is 1. The number of halogens is 3. The van der Waals surface area contributed by atoms with Gasteiger partial charge in [-0.2, -0.15) is 13.2 Å². The first kappa shape index (κ1) is 16.8. The number of anilines is 1. The number of nitrogens with one attached hydrogen (secondary N) is 1. The Morgan fingerprint density at radius 1 is 1.09 bits per heavy atom. The van der Waals surface area contributed by atoms with Crippen molar-refractivity contribution in [3.63, 3.8) is 0 Å². The Kier molecular flexibility index (Phi) is 5.23. The molecule has 7 heteroatoms. The number of hydrogen-bond acceptors (Lipinski definition) is 3. The van der Waals surface area contributed by atoms with Crippen molar-refractivity contribution in [1.82, 2.24) is 0 Å². The fraction of sp³-hybridized carbons (Fsp3) is 0.188. The fourth-order valence-corrected chi connectivity index (χ4v) is 1.84. The van der Waals surface area contributed by atoms with E-state index in [1.807, 2.05) is 0 Å². The van der Waals surface area contributed by atoms with Crippen molar-refractivity contribution >= 4 is 11.6 Å². The number of amides is 1. The zero-order valence-corrected chi connectivity index (χ0v) is 11.9. The second-order valence-corrected chi connectivity index (χ2v) is 4.70. The molecule has 0 radical (unpaired) electrons. The zero-order chi connectivity index (χ0) is 16.9. The molecular weight excluding hydrogens is 311 g/mol. The number of ether oxygens (including phenoxy) is 1. The predicted molar refractivity (Wildman–Crippen MR) is 78.0 cm³/mol. The molecule has 1 amide bonds. The third-order valence-corrected chi connectivity index (χ3v) is 2.90. The number of rotatable bonds is 5. The molecular formula is C16H14F3NO3. The molecule has 0 saturated carbocycles. The SMILES string of the molecule is O=C(Nc1ccccc1OCC(F)(F)F)C(O)c1ccccc1. The van der Waals surface area contributed by atoms with Gasteiger partial charge in [0.25, 0.3) is 5.91 Å². The summed E-state index contributed by atoms with van der Waals surface area (Å²) in [6.07, 6.45) is -5.92. The molecule has 0 aromatic heterocycles. The van der Waals surface area contributed by atoms with Crippen LogP contribution >= 0.6 is 0 Å². The third kappa shape index (κ3) is 5.00. The molecule has 0 saturated heterocycles. The molecule has 2 aromatic carbocycles. The minimum atomic E-state index is -4.49. The lowest BCUT2D eigenvalue weighted by molar-refractivity contribution is -0.153. The molecule has 0 heterocycles. The zero-order valence-electron chi connectivity index (χ0n) is 11.9. The lowest BCUT2D eigenvalue weighted by Gasteiger charge is -2.15. The average molecular weight is 325 g/mol. The van der Waals surface area contributed by atoms with E-state index in [0.717, 1.165) is 0 Å². The Hall–Kier alpha value is -2.54. The van der Waals surface area contributed by atoms with Crippen LogP contribution in [-0.2, 0) is 4.79 Å². The van der Waals surface area contributed by atoms with Gasteiger partial charge < -0.3 is 15.2 Å². The third-order valence-electron chi connectivity index (χ3n) is 2.90. The van der Waals surface area contributed by atoms with Crippen molar-refractivity contribution in [2.24, 2.45) is 0 Å². The van der Waals surface area contributed by atoms with Crippen LogP contribution in [0.3, 0.4) is 0 Å². The molecule has 0 aliphatic heterocycles. The molecule has 23 heavy (non-hydrogen) atoms. The van der Waals surface area contributed by atoms with E-state index in [1.165, 1.54) is 24.3 Å². The molecule has 4 nitrogen and oxygen atoms in total. The molecule has 2 rings (SSSR count). The molecule has 1 atom stereocenters. The van der Waals surface area contributed by atoms with Gasteiger partial charge in [-0.05, 0) is 17.7 Å². The smallest absolute Gasteiger partial charge is 0.422 e. The summed E-state index contributed by atoms with van der Waals surface area (Å²) in [5.41, 5.74) is 0.426. The van der Waals surface area contributed by atoms with Crippen molar-refractivity contribution < 1.29 is 27.8 Å². The van der Waals surface area contributed by atoms with E-state index in [0.29, 0.717) is 5.56 Å². The van der Waals surface area contributed by atoms with Crippen LogP contribution in [0.15, 0.2) is 54.6 Å². The van der Waals surface area contributed by atoms with Gasteiger partial charge in [0.1, 0.15) is 5.75 Å². The van der Waals surface area contributed by atoms with E-state index in [1.54, 1.807) is 30.3 Å². The van der Waals surface area contributed by atoms with E-state index in [9.17, 15) is 23.1 Å². The van der Waals surface area contributed by atoms with Gasteiger partial charge in [-0.3, -0.25) is 4.79 Å². The first-order chi connectivity index (χ1) is 10.9. The van der Waals surface area contributed by atoms with E-state index in [4.69, 9.17) is 0 Å². The second-order valence-electron chi connectivity index (χ2n) is 4.70. The van der Waals surface area contributed by atoms with Crippen LogP contribution in [0.5, 0.6) is 5.75 Å². The van der Waals surface area contributed by atoms with Crippen LogP contribution in [0.1, 0.15) is 11.7 Å². The number of para-hydroxylation sites is 2. The number of benzene rings is 2. The second kappa shape index (κ2) is 7.15. The van der Waals surface area contributed by atoms with Crippen LogP contribution in [-0.4, -0.2) is 23.8 Å². The van der Waals surface area contributed by atoms with E-state index in [-0.39, 0.29) is 11.4 Å². The maximum absolute atomic E-state index is 12.2. The number of alkyl halides is 3. The van der Waals surface area contributed by atoms with Crippen molar-refractivity contribution in [2.45, 2.75) is 12.3 Å². The molecule has 2 N–H and O–H groups in total. The number of hydrogen-bond donors (Lipinski definition) is 2. The van der Waals surface area contributed by atoms with Crippen LogP contribution in [0.25, 0.3) is 0 Å². The Morgan fingerprint density at radius 2 is 1.70 bits per heavy atom. The summed E-state index contributed by atoms with van der Waals surface area (Å²) >= 11 is 0. The largest absolute Gasteiger partial charge is 0.482 e. The molecule has 0 fully saturated rings. The standard InChI is InChI=1S/C16H14F3NO3/c17-16(18,19)10-23-13-9-5-4-8-12(13)20-15(22)14(21)11-6-2-1-3-7-11/h1-9,14,21H,10H2,(H,20,22). The van der Waals surface area contributed by atoms with E-state index >= 15 is 0 Å². The Morgan fingerprint density at radius 3 is 2.35 bits per heavy atom.